The van der Waals surface area contributed by atoms with Crippen LogP contribution in [0.25, 0.3) is 0 Å². The lowest BCUT2D eigenvalue weighted by Gasteiger charge is -2.26. The maximum atomic E-state index is 13.6. The first-order valence-electron chi connectivity index (χ1n) is 8.95. The van der Waals surface area contributed by atoms with E-state index in [9.17, 15) is 24.1 Å². The molecule has 0 aliphatic rings. The molecule has 138 valence electrons. The van der Waals surface area contributed by atoms with E-state index in [2.05, 4.69) is 6.92 Å². The minimum absolute atomic E-state index is 0.370. The van der Waals surface area contributed by atoms with Gasteiger partial charge >= 0.3 is 0 Å². The molecule has 0 heterocycles. The summed E-state index contributed by atoms with van der Waals surface area (Å²) in [6, 6.07) is 3.45. The summed E-state index contributed by atoms with van der Waals surface area (Å²) in [5.74, 6) is -4.57. The van der Waals surface area contributed by atoms with Crippen LogP contribution in [0.3, 0.4) is 0 Å². The molecule has 0 saturated carbocycles. The van der Waals surface area contributed by atoms with E-state index in [-0.39, 0.29) is 0 Å². The van der Waals surface area contributed by atoms with E-state index in [0.717, 1.165) is 25.3 Å². The molecule has 0 spiro atoms. The zero-order valence-corrected chi connectivity index (χ0v) is 14.5. The first kappa shape index (κ1) is 21.0. The molecule has 1 aromatic carbocycles. The zero-order chi connectivity index (χ0) is 18.0. The van der Waals surface area contributed by atoms with Gasteiger partial charge < -0.3 is 15.3 Å². The smallest absolute Gasteiger partial charge is 0.278 e. The number of halogens is 2. The average molecular weight is 344 g/mol. The molecule has 0 aromatic heterocycles. The Kier molecular flexibility index (Phi) is 9.41. The molecule has 0 radical (unpaired) electrons. The van der Waals surface area contributed by atoms with Gasteiger partial charge in [0.05, 0.1) is 0 Å². The van der Waals surface area contributed by atoms with Crippen LogP contribution >= 0.6 is 0 Å². The molecular weight excluding hydrogens is 314 g/mol. The molecule has 0 saturated heterocycles. The SMILES string of the molecule is CCCCCCCCC(CCCc1ccc(F)cc1F)C(O)(O)O. The molecule has 24 heavy (non-hydrogen) atoms. The Labute approximate surface area is 143 Å². The minimum Gasteiger partial charge on any atom is -0.343 e. The molecule has 0 fully saturated rings. The lowest BCUT2D eigenvalue weighted by Crippen LogP contribution is -2.37. The first-order chi connectivity index (χ1) is 11.3. The summed E-state index contributed by atoms with van der Waals surface area (Å²) in [5.41, 5.74) is 0.397. The topological polar surface area (TPSA) is 60.7 Å². The van der Waals surface area contributed by atoms with E-state index in [1.165, 1.54) is 31.4 Å². The molecule has 1 aromatic rings. The number of benzene rings is 1. The summed E-state index contributed by atoms with van der Waals surface area (Å²) in [6.07, 6.45) is 8.23. The summed E-state index contributed by atoms with van der Waals surface area (Å²) < 4.78 is 26.4. The second-order valence-electron chi connectivity index (χ2n) is 6.57. The largest absolute Gasteiger partial charge is 0.343 e. The van der Waals surface area contributed by atoms with Gasteiger partial charge in [-0.15, -0.1) is 0 Å². The summed E-state index contributed by atoms with van der Waals surface area (Å²) in [6.45, 7) is 2.15. The third-order valence-corrected chi connectivity index (χ3v) is 4.47. The Morgan fingerprint density at radius 3 is 2.17 bits per heavy atom. The number of rotatable bonds is 12. The summed E-state index contributed by atoms with van der Waals surface area (Å²) in [4.78, 5) is 0. The Morgan fingerprint density at radius 1 is 0.917 bits per heavy atom. The van der Waals surface area contributed by atoms with E-state index >= 15 is 0 Å². The van der Waals surface area contributed by atoms with Crippen molar-refractivity contribution in [3.63, 3.8) is 0 Å². The molecule has 0 aliphatic heterocycles. The van der Waals surface area contributed by atoms with Crippen molar-refractivity contribution in [3.05, 3.63) is 35.4 Å². The van der Waals surface area contributed by atoms with Gasteiger partial charge in [0.1, 0.15) is 11.6 Å². The highest BCUT2D eigenvalue weighted by Gasteiger charge is 2.31. The highest BCUT2D eigenvalue weighted by molar-refractivity contribution is 5.18. The molecule has 1 atom stereocenters. The lowest BCUT2D eigenvalue weighted by atomic mass is 9.91. The zero-order valence-electron chi connectivity index (χ0n) is 14.5. The normalized spacial score (nSPS) is 13.2. The third kappa shape index (κ3) is 8.18. The second kappa shape index (κ2) is 10.7. The van der Waals surface area contributed by atoms with Crippen molar-refractivity contribution < 1.29 is 24.1 Å². The number of aliphatic hydroxyl groups is 3. The maximum Gasteiger partial charge on any atom is 0.278 e. The standard InChI is InChI=1S/C19H30F2O3/c1-2-3-4-5-6-7-10-16(19(22,23)24)11-8-9-15-12-13-17(20)14-18(15)21/h12-14,16,22-24H,2-11H2,1H3. The summed E-state index contributed by atoms with van der Waals surface area (Å²) >= 11 is 0. The predicted molar refractivity (Wildman–Crippen MR) is 90.2 cm³/mol. The van der Waals surface area contributed by atoms with Crippen molar-refractivity contribution in [3.8, 4) is 0 Å². The van der Waals surface area contributed by atoms with Crippen LogP contribution in [0, 0.1) is 17.6 Å². The molecule has 1 rings (SSSR count). The summed E-state index contributed by atoms with van der Waals surface area (Å²) in [5, 5.41) is 28.5. The van der Waals surface area contributed by atoms with E-state index in [1.54, 1.807) is 0 Å². The van der Waals surface area contributed by atoms with Gasteiger partial charge in [-0.2, -0.15) is 0 Å². The Balaban J connectivity index is 2.37. The van der Waals surface area contributed by atoms with Crippen LogP contribution in [-0.4, -0.2) is 21.3 Å². The van der Waals surface area contributed by atoms with Crippen molar-refractivity contribution in [1.29, 1.82) is 0 Å². The van der Waals surface area contributed by atoms with Gasteiger partial charge in [-0.25, -0.2) is 8.78 Å². The van der Waals surface area contributed by atoms with Gasteiger partial charge in [-0.05, 0) is 37.3 Å². The molecule has 0 bridgehead atoms. The van der Waals surface area contributed by atoms with Crippen molar-refractivity contribution >= 4 is 0 Å². The quantitative estimate of drug-likeness (QED) is 0.392. The van der Waals surface area contributed by atoms with Crippen LogP contribution in [0.5, 0.6) is 0 Å². The fraction of sp³-hybridized carbons (Fsp3) is 0.684. The van der Waals surface area contributed by atoms with Crippen molar-refractivity contribution in [2.24, 2.45) is 5.92 Å². The molecule has 1 unspecified atom stereocenters. The van der Waals surface area contributed by atoms with Crippen LogP contribution < -0.4 is 0 Å². The third-order valence-electron chi connectivity index (χ3n) is 4.47. The number of hydrogen-bond acceptors (Lipinski definition) is 3. The van der Waals surface area contributed by atoms with Gasteiger partial charge in [-0.3, -0.25) is 0 Å². The average Bonchev–Trinajstić information content (AvgIpc) is 2.49. The van der Waals surface area contributed by atoms with E-state index < -0.39 is 23.5 Å². The number of unbranched alkanes of at least 4 members (excludes halogenated alkanes) is 5. The van der Waals surface area contributed by atoms with Crippen LogP contribution in [-0.2, 0) is 6.42 Å². The van der Waals surface area contributed by atoms with Gasteiger partial charge in [0.15, 0.2) is 0 Å². The monoisotopic (exact) mass is 344 g/mol. The van der Waals surface area contributed by atoms with Crippen LogP contribution in [0.15, 0.2) is 18.2 Å². The van der Waals surface area contributed by atoms with Crippen LogP contribution in [0.4, 0.5) is 8.78 Å². The van der Waals surface area contributed by atoms with Crippen LogP contribution in [0.1, 0.15) is 70.3 Å². The summed E-state index contributed by atoms with van der Waals surface area (Å²) in [7, 11) is 0. The molecule has 0 aliphatic carbocycles. The van der Waals surface area contributed by atoms with Crippen LogP contribution in [0.2, 0.25) is 0 Å². The van der Waals surface area contributed by atoms with E-state index in [0.29, 0.717) is 31.2 Å². The van der Waals surface area contributed by atoms with Crippen molar-refractivity contribution in [2.75, 3.05) is 0 Å². The fourth-order valence-corrected chi connectivity index (χ4v) is 2.97. The predicted octanol–water partition coefficient (Wildman–Crippen LogP) is 4.29. The van der Waals surface area contributed by atoms with Gasteiger partial charge in [0, 0.05) is 12.0 Å². The Hall–Kier alpha value is -1.04. The van der Waals surface area contributed by atoms with Crippen molar-refractivity contribution in [1.82, 2.24) is 0 Å². The van der Waals surface area contributed by atoms with E-state index in [4.69, 9.17) is 0 Å². The van der Waals surface area contributed by atoms with Crippen molar-refractivity contribution in [2.45, 2.75) is 77.1 Å². The number of aryl methyl sites for hydroxylation is 1. The molecule has 3 nitrogen and oxygen atoms in total. The Bertz CT molecular complexity index is 472. The minimum atomic E-state index is -2.70. The lowest BCUT2D eigenvalue weighted by molar-refractivity contribution is -0.344. The second-order valence-corrected chi connectivity index (χ2v) is 6.57. The van der Waals surface area contributed by atoms with Gasteiger partial charge in [-0.1, -0.05) is 51.5 Å². The fourth-order valence-electron chi connectivity index (χ4n) is 2.97. The molecule has 0 amide bonds. The first-order valence-corrected chi connectivity index (χ1v) is 8.95. The molecule has 5 heteroatoms. The van der Waals surface area contributed by atoms with Gasteiger partial charge in [0.25, 0.3) is 5.97 Å². The molecule has 3 N–H and O–H groups in total. The highest BCUT2D eigenvalue weighted by Crippen LogP contribution is 2.26. The molecular formula is C19H30F2O3. The number of hydrogen-bond donors (Lipinski definition) is 3. The highest BCUT2D eigenvalue weighted by atomic mass is 19.1. The maximum absolute atomic E-state index is 13.6. The van der Waals surface area contributed by atoms with Gasteiger partial charge in [0.2, 0.25) is 0 Å². The Morgan fingerprint density at radius 2 is 1.54 bits per heavy atom. The van der Waals surface area contributed by atoms with E-state index in [1.807, 2.05) is 0 Å².